The third-order valence-corrected chi connectivity index (χ3v) is 9.46. The van der Waals surface area contributed by atoms with Crippen molar-refractivity contribution in [2.24, 2.45) is 7.05 Å². The molecule has 316 valence electrons. The number of imide groups is 1. The molecule has 0 atom stereocenters. The van der Waals surface area contributed by atoms with Crippen molar-refractivity contribution >= 4 is 41.4 Å². The van der Waals surface area contributed by atoms with Gasteiger partial charge in [-0.15, -0.1) is 0 Å². The fourth-order valence-corrected chi connectivity index (χ4v) is 6.62. The van der Waals surface area contributed by atoms with Crippen molar-refractivity contribution in [3.8, 4) is 23.2 Å². The first kappa shape index (κ1) is 43.0. The smallest absolute Gasteiger partial charge is 0.417 e. The van der Waals surface area contributed by atoms with Gasteiger partial charge in [-0.2, -0.15) is 13.2 Å². The number of halogens is 3. The summed E-state index contributed by atoms with van der Waals surface area (Å²) in [6.07, 6.45) is -2.38. The summed E-state index contributed by atoms with van der Waals surface area (Å²) in [5.74, 6) is 6.07. The van der Waals surface area contributed by atoms with Crippen LogP contribution in [-0.4, -0.2) is 85.3 Å². The molecule has 2 aromatic carbocycles. The predicted octanol–water partition coefficient (Wildman–Crippen LogP) is 8.29. The van der Waals surface area contributed by atoms with Gasteiger partial charge < -0.3 is 34.9 Å². The van der Waals surface area contributed by atoms with Crippen LogP contribution in [0.15, 0.2) is 60.8 Å². The molecule has 2 aliphatic rings. The largest absolute Gasteiger partial charge is 0.444 e. The number of carbonyl (C=O) groups is 4. The lowest BCUT2D eigenvalue weighted by Crippen LogP contribution is -2.44. The molecule has 0 radical (unpaired) electrons. The molecule has 14 nitrogen and oxygen atoms in total. The summed E-state index contributed by atoms with van der Waals surface area (Å²) >= 11 is 0. The van der Waals surface area contributed by atoms with Crippen molar-refractivity contribution < 1.29 is 41.8 Å². The monoisotopic (exact) mass is 828 g/mol. The summed E-state index contributed by atoms with van der Waals surface area (Å²) in [5.41, 5.74) is 1.29. The van der Waals surface area contributed by atoms with E-state index in [-0.39, 0.29) is 24.4 Å². The molecule has 0 aliphatic carbocycles. The Morgan fingerprint density at radius 3 is 2.13 bits per heavy atom. The van der Waals surface area contributed by atoms with Gasteiger partial charge in [0.05, 0.1) is 22.4 Å². The average Bonchev–Trinajstić information content (AvgIpc) is 3.49. The van der Waals surface area contributed by atoms with E-state index in [0.717, 1.165) is 29.2 Å². The summed E-state index contributed by atoms with van der Waals surface area (Å²) in [4.78, 5) is 64.3. The first-order valence-corrected chi connectivity index (χ1v) is 19.4. The standard InChI is InChI=1S/C43H47F3N8O6/c1-41(2,3)59-39(57)53-20-17-30(18-21-53)48-37-47-25-27(35(51-37)34-24-32-33(52(34)7)19-22-54(36(32)55)40(58)60-42(4,5)6)12-11-26-9-8-10-31(23-26)50-38(56)49-29-15-13-28(14-16-29)43(44,45)46/h8-10,13-16,23-25,30H,17-22H2,1-7H3,(H,47,48,51)(H2,49,50,56). The summed E-state index contributed by atoms with van der Waals surface area (Å²) in [5, 5.41) is 8.58. The van der Waals surface area contributed by atoms with Crippen LogP contribution in [0.4, 0.5) is 44.9 Å². The number of hydrogen-bond acceptors (Lipinski definition) is 9. The Morgan fingerprint density at radius 2 is 1.48 bits per heavy atom. The normalized spacial score (nSPS) is 14.7. The molecule has 0 unspecified atom stereocenters. The number of aromatic nitrogens is 3. The van der Waals surface area contributed by atoms with Gasteiger partial charge in [0.25, 0.3) is 5.91 Å². The number of hydrogen-bond donors (Lipinski definition) is 3. The van der Waals surface area contributed by atoms with E-state index >= 15 is 0 Å². The first-order chi connectivity index (χ1) is 28.1. The van der Waals surface area contributed by atoms with Crippen molar-refractivity contribution in [3.05, 3.63) is 88.7 Å². The first-order valence-electron chi connectivity index (χ1n) is 19.4. The lowest BCUT2D eigenvalue weighted by atomic mass is 10.1. The number of amides is 5. The Morgan fingerprint density at radius 1 is 0.833 bits per heavy atom. The number of nitrogens with one attached hydrogen (secondary N) is 3. The van der Waals surface area contributed by atoms with E-state index in [1.807, 2.05) is 32.4 Å². The molecule has 6 rings (SSSR count). The van der Waals surface area contributed by atoms with Crippen LogP contribution in [0.2, 0.25) is 0 Å². The quantitative estimate of drug-likeness (QED) is 0.168. The molecule has 4 aromatic rings. The zero-order valence-electron chi connectivity index (χ0n) is 34.4. The molecule has 17 heteroatoms. The molecule has 3 N–H and O–H groups in total. The van der Waals surface area contributed by atoms with Gasteiger partial charge in [-0.3, -0.25) is 4.79 Å². The lowest BCUT2D eigenvalue weighted by Gasteiger charge is -2.33. The Labute approximate surface area is 345 Å². The maximum atomic E-state index is 13.7. The van der Waals surface area contributed by atoms with Gasteiger partial charge >= 0.3 is 24.4 Å². The number of nitrogens with zero attached hydrogens (tertiary/aromatic N) is 5. The van der Waals surface area contributed by atoms with E-state index < -0.39 is 41.0 Å². The van der Waals surface area contributed by atoms with Crippen LogP contribution in [0.25, 0.3) is 11.4 Å². The van der Waals surface area contributed by atoms with Gasteiger partial charge in [-0.25, -0.2) is 29.3 Å². The van der Waals surface area contributed by atoms with Crippen LogP contribution in [-0.2, 0) is 29.1 Å². The molecule has 1 saturated heterocycles. The van der Waals surface area contributed by atoms with Crippen molar-refractivity contribution in [2.75, 3.05) is 35.6 Å². The van der Waals surface area contributed by atoms with E-state index in [2.05, 4.69) is 32.8 Å². The van der Waals surface area contributed by atoms with Crippen molar-refractivity contribution in [1.29, 1.82) is 0 Å². The van der Waals surface area contributed by atoms with Gasteiger partial charge in [-0.05, 0) is 103 Å². The maximum absolute atomic E-state index is 13.7. The minimum Gasteiger partial charge on any atom is -0.444 e. The van der Waals surface area contributed by atoms with E-state index in [9.17, 15) is 32.3 Å². The van der Waals surface area contributed by atoms with Gasteiger partial charge in [-0.1, -0.05) is 17.9 Å². The number of fused-ring (bicyclic) bond motifs is 1. The summed E-state index contributed by atoms with van der Waals surface area (Å²) < 4.78 is 51.8. The van der Waals surface area contributed by atoms with Crippen molar-refractivity contribution in [2.45, 2.75) is 84.2 Å². The summed E-state index contributed by atoms with van der Waals surface area (Å²) in [6, 6.07) is 11.7. The number of ether oxygens (including phenoxy) is 2. The number of likely N-dealkylation sites (tertiary alicyclic amines) is 1. The molecule has 4 heterocycles. The Balaban J connectivity index is 1.25. The summed E-state index contributed by atoms with van der Waals surface area (Å²) in [7, 11) is 1.81. The molecule has 1 fully saturated rings. The number of carbonyl (C=O) groups excluding carboxylic acids is 4. The summed E-state index contributed by atoms with van der Waals surface area (Å²) in [6.45, 7) is 11.8. The van der Waals surface area contributed by atoms with Crippen LogP contribution in [0.5, 0.6) is 0 Å². The van der Waals surface area contributed by atoms with Crippen molar-refractivity contribution in [3.63, 3.8) is 0 Å². The molecular formula is C43H47F3N8O6. The number of alkyl halides is 3. The van der Waals surface area contributed by atoms with Gasteiger partial charge in [0.2, 0.25) is 5.95 Å². The second-order valence-electron chi connectivity index (χ2n) is 16.5. The van der Waals surface area contributed by atoms with E-state index in [4.69, 9.17) is 14.5 Å². The molecule has 0 bridgehead atoms. The molecule has 2 aromatic heterocycles. The van der Waals surface area contributed by atoms with Gasteiger partial charge in [0.15, 0.2) is 0 Å². The molecule has 5 amide bonds. The number of rotatable bonds is 5. The van der Waals surface area contributed by atoms with Crippen LogP contribution in [0.1, 0.15) is 87.1 Å². The second-order valence-corrected chi connectivity index (χ2v) is 16.5. The van der Waals surface area contributed by atoms with Crippen LogP contribution < -0.4 is 16.0 Å². The molecule has 0 saturated carbocycles. The molecular weight excluding hydrogens is 782 g/mol. The van der Waals surface area contributed by atoms with E-state index in [0.29, 0.717) is 77.8 Å². The number of urea groups is 1. The predicted molar refractivity (Wildman–Crippen MR) is 218 cm³/mol. The average molecular weight is 829 g/mol. The highest BCUT2D eigenvalue weighted by Crippen LogP contribution is 2.32. The Hall–Kier alpha value is -6.57. The topological polar surface area (TPSA) is 160 Å². The van der Waals surface area contributed by atoms with Crippen molar-refractivity contribution in [1.82, 2.24) is 24.3 Å². The lowest BCUT2D eigenvalue weighted by molar-refractivity contribution is -0.137. The number of anilines is 3. The molecule has 2 aliphatic heterocycles. The maximum Gasteiger partial charge on any atom is 0.417 e. The fourth-order valence-electron chi connectivity index (χ4n) is 6.62. The minimum atomic E-state index is -4.50. The third-order valence-electron chi connectivity index (χ3n) is 9.46. The second kappa shape index (κ2) is 17.0. The van der Waals surface area contributed by atoms with E-state index in [1.54, 1.807) is 62.2 Å². The van der Waals surface area contributed by atoms with Crippen LogP contribution in [0, 0.1) is 11.8 Å². The number of piperidine rings is 1. The highest BCUT2D eigenvalue weighted by atomic mass is 19.4. The highest BCUT2D eigenvalue weighted by Gasteiger charge is 2.36. The van der Waals surface area contributed by atoms with E-state index in [1.165, 1.54) is 0 Å². The Kier molecular flexibility index (Phi) is 12.2. The molecule has 0 spiro atoms. The van der Waals surface area contributed by atoms with Crippen LogP contribution in [0.3, 0.4) is 0 Å². The zero-order valence-corrected chi connectivity index (χ0v) is 34.4. The van der Waals surface area contributed by atoms with Gasteiger partial charge in [0.1, 0.15) is 16.9 Å². The highest BCUT2D eigenvalue weighted by molar-refractivity contribution is 6.05. The third kappa shape index (κ3) is 10.7. The van der Waals surface area contributed by atoms with Crippen LogP contribution >= 0.6 is 0 Å². The SMILES string of the molecule is Cn1c(-c2nc(NC3CCN(C(=O)OC(C)(C)C)CC3)ncc2C#Cc2cccc(NC(=O)Nc3ccc(C(F)(F)F)cc3)c2)cc2c1CCN(C(=O)OC(C)(C)C)C2=O. The fraction of sp³-hybridized carbons (Fsp3) is 0.395. The number of benzene rings is 2. The van der Waals surface area contributed by atoms with Gasteiger partial charge in [0, 0.05) is 68.0 Å². The Bertz CT molecular complexity index is 2350. The zero-order chi connectivity index (χ0) is 43.6. The molecule has 60 heavy (non-hydrogen) atoms. The minimum absolute atomic E-state index is 0.0502.